The molecule has 0 bridgehead atoms. The topological polar surface area (TPSA) is 61.5 Å². The van der Waals surface area contributed by atoms with Crippen molar-refractivity contribution in [2.45, 2.75) is 19.4 Å². The Morgan fingerprint density at radius 3 is 2.41 bits per heavy atom. The first-order valence-electron chi connectivity index (χ1n) is 5.22. The van der Waals surface area contributed by atoms with Gasteiger partial charge in [0.25, 0.3) is 0 Å². The van der Waals surface area contributed by atoms with Crippen LogP contribution < -0.4 is 10.5 Å². The number of nitrogens with two attached hydrogens (primary N) is 1. The van der Waals surface area contributed by atoms with Crippen LogP contribution in [-0.4, -0.2) is 19.7 Å². The highest BCUT2D eigenvalue weighted by molar-refractivity contribution is 5.85. The summed E-state index contributed by atoms with van der Waals surface area (Å²) >= 11 is 0. The molecule has 1 aromatic rings. The van der Waals surface area contributed by atoms with E-state index in [1.54, 1.807) is 14.0 Å². The summed E-state index contributed by atoms with van der Waals surface area (Å²) in [7, 11) is 1.60. The molecule has 0 aliphatic rings. The third-order valence-corrected chi connectivity index (χ3v) is 2.24. The van der Waals surface area contributed by atoms with E-state index in [1.807, 2.05) is 24.3 Å². The monoisotopic (exact) mass is 259 g/mol. The minimum absolute atomic E-state index is 0. The van der Waals surface area contributed by atoms with E-state index < -0.39 is 0 Å². The zero-order valence-electron chi connectivity index (χ0n) is 10.0. The molecule has 0 aromatic heterocycles. The fourth-order valence-electron chi connectivity index (χ4n) is 1.37. The van der Waals surface area contributed by atoms with Crippen LogP contribution in [0.4, 0.5) is 0 Å². The van der Waals surface area contributed by atoms with Crippen molar-refractivity contribution in [3.05, 3.63) is 29.8 Å². The second-order valence-electron chi connectivity index (χ2n) is 3.39. The summed E-state index contributed by atoms with van der Waals surface area (Å²) in [6, 6.07) is 7.01. The average Bonchev–Trinajstić information content (AvgIpc) is 2.29. The van der Waals surface area contributed by atoms with Crippen molar-refractivity contribution in [1.29, 1.82) is 0 Å². The van der Waals surface area contributed by atoms with Crippen molar-refractivity contribution in [3.63, 3.8) is 0 Å². The summed E-state index contributed by atoms with van der Waals surface area (Å²) in [5.41, 5.74) is 6.77. The van der Waals surface area contributed by atoms with Crippen LogP contribution in [0, 0.1) is 0 Å². The largest absolute Gasteiger partial charge is 0.497 e. The quantitative estimate of drug-likeness (QED) is 0.823. The summed E-state index contributed by atoms with van der Waals surface area (Å²) < 4.78 is 9.87. The molecule has 0 amide bonds. The molecule has 1 aromatic carbocycles. The van der Waals surface area contributed by atoms with E-state index in [2.05, 4.69) is 0 Å². The Morgan fingerprint density at radius 2 is 1.94 bits per heavy atom. The molecule has 0 saturated heterocycles. The van der Waals surface area contributed by atoms with Gasteiger partial charge >= 0.3 is 5.97 Å². The number of halogens is 1. The van der Waals surface area contributed by atoms with E-state index in [0.29, 0.717) is 6.61 Å². The van der Waals surface area contributed by atoms with Crippen LogP contribution in [0.25, 0.3) is 0 Å². The van der Waals surface area contributed by atoms with Crippen molar-refractivity contribution in [2.75, 3.05) is 13.7 Å². The number of methoxy groups -OCH3 is 1. The maximum Gasteiger partial charge on any atom is 0.307 e. The van der Waals surface area contributed by atoms with Gasteiger partial charge in [0.1, 0.15) is 5.75 Å². The Balaban J connectivity index is 0.00000256. The van der Waals surface area contributed by atoms with Crippen LogP contribution in [0.2, 0.25) is 0 Å². The molecule has 0 heterocycles. The van der Waals surface area contributed by atoms with Crippen LogP contribution in [0.15, 0.2) is 24.3 Å². The maximum atomic E-state index is 11.2. The lowest BCUT2D eigenvalue weighted by Crippen LogP contribution is -2.17. The SMILES string of the molecule is CCOC(=O)C[C@@H](N)c1ccc(OC)cc1.Cl. The zero-order chi connectivity index (χ0) is 12.0. The lowest BCUT2D eigenvalue weighted by molar-refractivity contribution is -0.143. The van der Waals surface area contributed by atoms with Gasteiger partial charge in [-0.05, 0) is 24.6 Å². The molecule has 0 aliphatic carbocycles. The van der Waals surface area contributed by atoms with Gasteiger partial charge in [-0.25, -0.2) is 0 Å². The van der Waals surface area contributed by atoms with Gasteiger partial charge < -0.3 is 15.2 Å². The standard InChI is InChI=1S/C12H17NO3.ClH/c1-3-16-12(14)8-11(13)9-4-6-10(15-2)7-5-9;/h4-7,11H,3,8,13H2,1-2H3;1H/t11-;/m1./s1. The molecule has 2 N–H and O–H groups in total. The zero-order valence-corrected chi connectivity index (χ0v) is 10.8. The number of benzene rings is 1. The minimum atomic E-state index is -0.329. The van der Waals surface area contributed by atoms with Gasteiger partial charge in [-0.3, -0.25) is 4.79 Å². The molecule has 0 radical (unpaired) electrons. The van der Waals surface area contributed by atoms with Crippen molar-refractivity contribution >= 4 is 18.4 Å². The van der Waals surface area contributed by atoms with E-state index in [9.17, 15) is 4.79 Å². The molecule has 96 valence electrons. The van der Waals surface area contributed by atoms with Crippen molar-refractivity contribution in [1.82, 2.24) is 0 Å². The predicted octanol–water partition coefficient (Wildman–Crippen LogP) is 2.07. The Hall–Kier alpha value is -1.26. The fourth-order valence-corrected chi connectivity index (χ4v) is 1.37. The Labute approximate surface area is 108 Å². The van der Waals surface area contributed by atoms with Gasteiger partial charge in [0, 0.05) is 6.04 Å². The third kappa shape index (κ3) is 5.06. The van der Waals surface area contributed by atoms with Gasteiger partial charge in [0.2, 0.25) is 0 Å². The Kier molecular flexibility index (Phi) is 7.34. The highest BCUT2D eigenvalue weighted by Gasteiger charge is 2.12. The molecule has 0 fully saturated rings. The number of hydrogen-bond acceptors (Lipinski definition) is 4. The van der Waals surface area contributed by atoms with Crippen molar-refractivity contribution in [2.24, 2.45) is 5.73 Å². The number of carbonyl (C=O) groups excluding carboxylic acids is 1. The van der Waals surface area contributed by atoms with Crippen LogP contribution in [-0.2, 0) is 9.53 Å². The van der Waals surface area contributed by atoms with E-state index in [4.69, 9.17) is 15.2 Å². The predicted molar refractivity (Wildman–Crippen MR) is 68.4 cm³/mol. The van der Waals surface area contributed by atoms with Gasteiger partial charge in [-0.2, -0.15) is 0 Å². The summed E-state index contributed by atoms with van der Waals surface area (Å²) in [6.45, 7) is 2.16. The number of carbonyl (C=O) groups is 1. The van der Waals surface area contributed by atoms with Crippen LogP contribution in [0.1, 0.15) is 24.9 Å². The van der Waals surface area contributed by atoms with E-state index in [0.717, 1.165) is 11.3 Å². The molecular formula is C12H18ClNO3. The summed E-state index contributed by atoms with van der Waals surface area (Å²) in [4.78, 5) is 11.2. The molecule has 1 rings (SSSR count). The molecule has 0 spiro atoms. The molecule has 0 aliphatic heterocycles. The highest BCUT2D eigenvalue weighted by atomic mass is 35.5. The molecule has 17 heavy (non-hydrogen) atoms. The average molecular weight is 260 g/mol. The third-order valence-electron chi connectivity index (χ3n) is 2.24. The molecule has 4 nitrogen and oxygen atoms in total. The number of ether oxygens (including phenoxy) is 2. The van der Waals surface area contributed by atoms with Gasteiger partial charge in [-0.15, -0.1) is 12.4 Å². The number of esters is 1. The Morgan fingerprint density at radius 1 is 1.35 bits per heavy atom. The van der Waals surface area contributed by atoms with Crippen LogP contribution in [0.3, 0.4) is 0 Å². The summed E-state index contributed by atoms with van der Waals surface area (Å²) in [5.74, 6) is 0.498. The van der Waals surface area contributed by atoms with Gasteiger partial charge in [-0.1, -0.05) is 12.1 Å². The minimum Gasteiger partial charge on any atom is -0.497 e. The molecule has 5 heteroatoms. The van der Waals surface area contributed by atoms with E-state index in [1.165, 1.54) is 0 Å². The summed E-state index contributed by atoms with van der Waals surface area (Å²) in [5, 5.41) is 0. The second-order valence-corrected chi connectivity index (χ2v) is 3.39. The fraction of sp³-hybridized carbons (Fsp3) is 0.417. The second kappa shape index (κ2) is 7.92. The normalized spacial score (nSPS) is 11.2. The molecule has 0 saturated carbocycles. The summed E-state index contributed by atoms with van der Waals surface area (Å²) in [6.07, 6.45) is 0.195. The van der Waals surface area contributed by atoms with Crippen molar-refractivity contribution < 1.29 is 14.3 Å². The van der Waals surface area contributed by atoms with Gasteiger partial charge in [0.05, 0.1) is 20.1 Å². The lowest BCUT2D eigenvalue weighted by atomic mass is 10.0. The number of rotatable bonds is 5. The Bertz CT molecular complexity index is 340. The van der Waals surface area contributed by atoms with Crippen LogP contribution >= 0.6 is 12.4 Å². The molecule has 1 atom stereocenters. The first-order chi connectivity index (χ1) is 7.67. The lowest BCUT2D eigenvalue weighted by Gasteiger charge is -2.11. The van der Waals surface area contributed by atoms with Gasteiger partial charge in [0.15, 0.2) is 0 Å². The van der Waals surface area contributed by atoms with E-state index >= 15 is 0 Å². The van der Waals surface area contributed by atoms with Crippen molar-refractivity contribution in [3.8, 4) is 5.75 Å². The highest BCUT2D eigenvalue weighted by Crippen LogP contribution is 2.18. The molecular weight excluding hydrogens is 242 g/mol. The smallest absolute Gasteiger partial charge is 0.307 e. The maximum absolute atomic E-state index is 11.2. The van der Waals surface area contributed by atoms with E-state index in [-0.39, 0.29) is 30.8 Å². The molecule has 0 unspecified atom stereocenters. The number of hydrogen-bond donors (Lipinski definition) is 1. The van der Waals surface area contributed by atoms with Crippen LogP contribution in [0.5, 0.6) is 5.75 Å². The first kappa shape index (κ1) is 15.7. The first-order valence-corrected chi connectivity index (χ1v) is 5.22.